The molecule has 1 fully saturated rings. The first-order valence-electron chi connectivity index (χ1n) is 6.85. The molecule has 1 saturated heterocycles. The highest BCUT2D eigenvalue weighted by molar-refractivity contribution is 5.18. The van der Waals surface area contributed by atoms with Crippen LogP contribution in [-0.2, 0) is 6.54 Å². The van der Waals surface area contributed by atoms with Gasteiger partial charge in [0.15, 0.2) is 6.61 Å². The summed E-state index contributed by atoms with van der Waals surface area (Å²) in [5, 5.41) is 6.77. The molecular weight excluding hydrogens is 283 g/mol. The zero-order valence-corrected chi connectivity index (χ0v) is 12.1. The second-order valence-corrected chi connectivity index (χ2v) is 5.96. The molecule has 2 heterocycles. The van der Waals surface area contributed by atoms with Gasteiger partial charge in [0.1, 0.15) is 0 Å². The first kappa shape index (κ1) is 16.0. The van der Waals surface area contributed by atoms with Gasteiger partial charge >= 0.3 is 6.18 Å². The Labute approximate surface area is 122 Å². The summed E-state index contributed by atoms with van der Waals surface area (Å²) in [7, 11) is 0. The van der Waals surface area contributed by atoms with Crippen LogP contribution in [0.25, 0.3) is 0 Å². The third kappa shape index (κ3) is 4.86. The number of halogens is 3. The minimum atomic E-state index is -4.34. The molecule has 1 aromatic rings. The molecule has 7 heteroatoms. The standard InChI is InChI=1S/C14H20F3N3O/c1-13(2)8-18-7-11(13)19-5-10-3-4-12(20-6-10)21-9-14(15,16)17/h3-4,6,11,18-19H,5,7-9H2,1-2H3. The number of ether oxygens (including phenoxy) is 1. The Bertz CT molecular complexity index is 460. The normalized spacial score (nSPS) is 21.5. The van der Waals surface area contributed by atoms with Gasteiger partial charge in [-0.05, 0) is 11.0 Å². The van der Waals surface area contributed by atoms with Crippen molar-refractivity contribution in [3.05, 3.63) is 23.9 Å². The van der Waals surface area contributed by atoms with Crippen LogP contribution in [0.3, 0.4) is 0 Å². The molecule has 0 aromatic carbocycles. The predicted octanol–water partition coefficient (Wildman–Crippen LogP) is 2.11. The van der Waals surface area contributed by atoms with Crippen LogP contribution in [0.15, 0.2) is 18.3 Å². The van der Waals surface area contributed by atoms with Crippen LogP contribution in [-0.4, -0.2) is 36.9 Å². The van der Waals surface area contributed by atoms with E-state index >= 15 is 0 Å². The highest BCUT2D eigenvalue weighted by Crippen LogP contribution is 2.24. The summed E-state index contributed by atoms with van der Waals surface area (Å²) < 4.78 is 40.6. The molecule has 1 aromatic heterocycles. The van der Waals surface area contributed by atoms with Gasteiger partial charge in [-0.15, -0.1) is 0 Å². The van der Waals surface area contributed by atoms with Crippen molar-refractivity contribution >= 4 is 0 Å². The Morgan fingerprint density at radius 2 is 2.19 bits per heavy atom. The van der Waals surface area contributed by atoms with Gasteiger partial charge in [0, 0.05) is 37.9 Å². The van der Waals surface area contributed by atoms with Crippen molar-refractivity contribution in [3.63, 3.8) is 0 Å². The van der Waals surface area contributed by atoms with Crippen molar-refractivity contribution in [3.8, 4) is 5.88 Å². The molecule has 0 bridgehead atoms. The molecule has 2 rings (SSSR count). The minimum absolute atomic E-state index is 0.0149. The number of aromatic nitrogens is 1. The highest BCUT2D eigenvalue weighted by atomic mass is 19.4. The molecule has 0 amide bonds. The van der Waals surface area contributed by atoms with Crippen molar-refractivity contribution < 1.29 is 17.9 Å². The van der Waals surface area contributed by atoms with Crippen LogP contribution in [0.1, 0.15) is 19.4 Å². The van der Waals surface area contributed by atoms with Crippen LogP contribution >= 0.6 is 0 Å². The SMILES string of the molecule is CC1(C)CNCC1NCc1ccc(OCC(F)(F)F)nc1. The lowest BCUT2D eigenvalue weighted by atomic mass is 9.88. The third-order valence-corrected chi connectivity index (χ3v) is 3.61. The van der Waals surface area contributed by atoms with Gasteiger partial charge in [-0.25, -0.2) is 4.98 Å². The molecule has 2 N–H and O–H groups in total. The summed E-state index contributed by atoms with van der Waals surface area (Å²) in [5.74, 6) is -0.0149. The van der Waals surface area contributed by atoms with E-state index in [0.717, 1.165) is 18.7 Å². The first-order valence-corrected chi connectivity index (χ1v) is 6.85. The Kier molecular flexibility index (Phi) is 4.73. The van der Waals surface area contributed by atoms with Crippen LogP contribution < -0.4 is 15.4 Å². The Morgan fingerprint density at radius 3 is 2.71 bits per heavy atom. The average molecular weight is 303 g/mol. The van der Waals surface area contributed by atoms with E-state index in [2.05, 4.69) is 34.2 Å². The smallest absolute Gasteiger partial charge is 0.422 e. The van der Waals surface area contributed by atoms with Gasteiger partial charge in [-0.3, -0.25) is 0 Å². The zero-order chi connectivity index (χ0) is 15.5. The van der Waals surface area contributed by atoms with Gasteiger partial charge in [-0.1, -0.05) is 19.9 Å². The van der Waals surface area contributed by atoms with Crippen LogP contribution in [0, 0.1) is 5.41 Å². The predicted molar refractivity (Wildman–Crippen MR) is 73.1 cm³/mol. The fraction of sp³-hybridized carbons (Fsp3) is 0.643. The lowest BCUT2D eigenvalue weighted by Gasteiger charge is -2.26. The molecule has 118 valence electrons. The van der Waals surface area contributed by atoms with Gasteiger partial charge in [0.2, 0.25) is 5.88 Å². The molecule has 0 radical (unpaired) electrons. The largest absolute Gasteiger partial charge is 0.468 e. The van der Waals surface area contributed by atoms with E-state index in [9.17, 15) is 13.2 Å². The summed E-state index contributed by atoms with van der Waals surface area (Å²) in [6, 6.07) is 3.54. The van der Waals surface area contributed by atoms with Gasteiger partial charge in [-0.2, -0.15) is 13.2 Å². The summed E-state index contributed by atoms with van der Waals surface area (Å²) in [5.41, 5.74) is 1.10. The van der Waals surface area contributed by atoms with E-state index in [0.29, 0.717) is 12.6 Å². The van der Waals surface area contributed by atoms with E-state index < -0.39 is 12.8 Å². The summed E-state index contributed by atoms with van der Waals surface area (Å²) in [6.45, 7) is 5.57. The number of hydrogen-bond acceptors (Lipinski definition) is 4. The molecule has 4 nitrogen and oxygen atoms in total. The van der Waals surface area contributed by atoms with Crippen molar-refractivity contribution in [2.24, 2.45) is 5.41 Å². The number of alkyl halides is 3. The Hall–Kier alpha value is -1.34. The van der Waals surface area contributed by atoms with Gasteiger partial charge < -0.3 is 15.4 Å². The molecule has 0 spiro atoms. The molecule has 0 aliphatic carbocycles. The fourth-order valence-corrected chi connectivity index (χ4v) is 2.28. The molecule has 0 saturated carbocycles. The topological polar surface area (TPSA) is 46.2 Å². The molecule has 1 atom stereocenters. The average Bonchev–Trinajstić information content (AvgIpc) is 2.73. The number of hydrogen-bond donors (Lipinski definition) is 2. The Morgan fingerprint density at radius 1 is 1.43 bits per heavy atom. The monoisotopic (exact) mass is 303 g/mol. The quantitative estimate of drug-likeness (QED) is 0.874. The number of nitrogens with one attached hydrogen (secondary N) is 2. The van der Waals surface area contributed by atoms with Crippen LogP contribution in [0.4, 0.5) is 13.2 Å². The lowest BCUT2D eigenvalue weighted by Crippen LogP contribution is -2.40. The van der Waals surface area contributed by atoms with E-state index in [-0.39, 0.29) is 11.3 Å². The molecule has 1 unspecified atom stereocenters. The van der Waals surface area contributed by atoms with Crippen molar-refractivity contribution in [1.29, 1.82) is 0 Å². The fourth-order valence-electron chi connectivity index (χ4n) is 2.28. The maximum atomic E-state index is 12.0. The van der Waals surface area contributed by atoms with E-state index in [1.54, 1.807) is 6.07 Å². The van der Waals surface area contributed by atoms with E-state index in [4.69, 9.17) is 0 Å². The van der Waals surface area contributed by atoms with Crippen molar-refractivity contribution in [2.45, 2.75) is 32.6 Å². The number of nitrogens with zero attached hydrogens (tertiary/aromatic N) is 1. The van der Waals surface area contributed by atoms with Crippen LogP contribution in [0.5, 0.6) is 5.88 Å². The molecule has 1 aliphatic rings. The van der Waals surface area contributed by atoms with E-state index in [1.165, 1.54) is 12.3 Å². The minimum Gasteiger partial charge on any atom is -0.468 e. The zero-order valence-electron chi connectivity index (χ0n) is 12.1. The highest BCUT2D eigenvalue weighted by Gasteiger charge is 2.33. The van der Waals surface area contributed by atoms with Crippen molar-refractivity contribution in [2.75, 3.05) is 19.7 Å². The maximum Gasteiger partial charge on any atom is 0.422 e. The van der Waals surface area contributed by atoms with Gasteiger partial charge in [0.25, 0.3) is 0 Å². The summed E-state index contributed by atoms with van der Waals surface area (Å²) in [4.78, 5) is 3.89. The first-order chi connectivity index (χ1) is 9.76. The molecular formula is C14H20F3N3O. The summed E-state index contributed by atoms with van der Waals surface area (Å²) >= 11 is 0. The summed E-state index contributed by atoms with van der Waals surface area (Å²) in [6.07, 6.45) is -2.81. The van der Waals surface area contributed by atoms with E-state index in [1.807, 2.05) is 0 Å². The second kappa shape index (κ2) is 6.19. The van der Waals surface area contributed by atoms with Crippen molar-refractivity contribution in [1.82, 2.24) is 15.6 Å². The van der Waals surface area contributed by atoms with Crippen LogP contribution in [0.2, 0.25) is 0 Å². The molecule has 21 heavy (non-hydrogen) atoms. The Balaban J connectivity index is 1.82. The number of rotatable bonds is 5. The van der Waals surface area contributed by atoms with Gasteiger partial charge in [0.05, 0.1) is 0 Å². The second-order valence-electron chi connectivity index (χ2n) is 5.96. The third-order valence-electron chi connectivity index (χ3n) is 3.61. The number of pyridine rings is 1. The molecule has 1 aliphatic heterocycles. The maximum absolute atomic E-state index is 12.0. The lowest BCUT2D eigenvalue weighted by molar-refractivity contribution is -0.154.